The Bertz CT molecular complexity index is 1730. The third kappa shape index (κ3) is 6.97. The SMILES string of the molecule is CC(Sc1ccc(NC(=O)c2c(Cl)c(Cl)c(Cl)c(Cl)c2C(=O)O)cc1)C(=O)Nc1nc(-c2cccc([N+](=O)[O-])c2)cs1. The van der Waals surface area contributed by atoms with Crippen molar-refractivity contribution >= 4 is 104 Å². The van der Waals surface area contributed by atoms with Crippen LogP contribution < -0.4 is 10.6 Å². The van der Waals surface area contributed by atoms with Gasteiger partial charge in [-0.15, -0.1) is 23.1 Å². The number of nitro groups is 1. The van der Waals surface area contributed by atoms with Gasteiger partial charge in [0, 0.05) is 33.7 Å². The van der Waals surface area contributed by atoms with E-state index in [1.807, 2.05) is 0 Å². The van der Waals surface area contributed by atoms with Gasteiger partial charge in [0.2, 0.25) is 5.91 Å². The Morgan fingerprint density at radius 3 is 2.24 bits per heavy atom. The molecule has 1 unspecified atom stereocenters. The lowest BCUT2D eigenvalue weighted by atomic mass is 10.1. The molecule has 0 radical (unpaired) electrons. The number of nitrogens with zero attached hydrogens (tertiary/aromatic N) is 2. The molecule has 216 valence electrons. The lowest BCUT2D eigenvalue weighted by Gasteiger charge is -2.14. The minimum Gasteiger partial charge on any atom is -0.478 e. The maximum absolute atomic E-state index is 12.9. The van der Waals surface area contributed by atoms with Crippen LogP contribution in [0.4, 0.5) is 16.5 Å². The van der Waals surface area contributed by atoms with Crippen molar-refractivity contribution in [2.24, 2.45) is 0 Å². The average molecular weight is 686 g/mol. The lowest BCUT2D eigenvalue weighted by Crippen LogP contribution is -2.22. The molecule has 2 amide bonds. The summed E-state index contributed by atoms with van der Waals surface area (Å²) in [4.78, 5) is 53.1. The first-order valence-electron chi connectivity index (χ1n) is 11.6. The second kappa shape index (κ2) is 13.3. The summed E-state index contributed by atoms with van der Waals surface area (Å²) in [6.45, 7) is 1.70. The molecule has 0 saturated carbocycles. The van der Waals surface area contributed by atoms with E-state index >= 15 is 0 Å². The number of carboxylic acids is 1. The summed E-state index contributed by atoms with van der Waals surface area (Å²) < 4.78 is 0. The van der Waals surface area contributed by atoms with Crippen LogP contribution in [-0.2, 0) is 4.79 Å². The van der Waals surface area contributed by atoms with E-state index in [9.17, 15) is 29.6 Å². The van der Waals surface area contributed by atoms with Crippen LogP contribution in [0.2, 0.25) is 20.1 Å². The van der Waals surface area contributed by atoms with E-state index in [0.717, 1.165) is 0 Å². The van der Waals surface area contributed by atoms with Gasteiger partial charge < -0.3 is 15.7 Å². The van der Waals surface area contributed by atoms with Crippen molar-refractivity contribution in [3.05, 3.63) is 95.2 Å². The quantitative estimate of drug-likeness (QED) is 0.0522. The number of aromatic carboxylic acids is 1. The fraction of sp³-hybridized carbons (Fsp3) is 0.0769. The molecule has 3 aromatic carbocycles. The van der Waals surface area contributed by atoms with Crippen molar-refractivity contribution < 1.29 is 24.4 Å². The van der Waals surface area contributed by atoms with Gasteiger partial charge in [0.1, 0.15) is 0 Å². The van der Waals surface area contributed by atoms with Gasteiger partial charge in [-0.1, -0.05) is 58.5 Å². The number of aromatic nitrogens is 1. The first-order valence-corrected chi connectivity index (χ1v) is 14.8. The number of nitro benzene ring substituents is 1. The van der Waals surface area contributed by atoms with Crippen LogP contribution in [-0.4, -0.2) is 38.0 Å². The molecule has 0 aliphatic rings. The summed E-state index contributed by atoms with van der Waals surface area (Å²) in [5.41, 5.74) is 0.277. The highest BCUT2D eigenvalue weighted by Gasteiger charge is 2.29. The fourth-order valence-corrected chi connectivity index (χ4v) is 6.17. The van der Waals surface area contributed by atoms with Crippen molar-refractivity contribution in [2.75, 3.05) is 10.6 Å². The van der Waals surface area contributed by atoms with E-state index in [4.69, 9.17) is 46.4 Å². The van der Waals surface area contributed by atoms with Crippen LogP contribution in [0.15, 0.2) is 58.8 Å². The van der Waals surface area contributed by atoms with E-state index in [0.29, 0.717) is 27.0 Å². The molecule has 1 aromatic heterocycles. The van der Waals surface area contributed by atoms with Crippen LogP contribution in [0.5, 0.6) is 0 Å². The molecule has 0 bridgehead atoms. The third-order valence-electron chi connectivity index (χ3n) is 5.59. The molecule has 3 N–H and O–H groups in total. The third-order valence-corrected chi connectivity index (χ3v) is 9.26. The largest absolute Gasteiger partial charge is 0.478 e. The number of thioether (sulfide) groups is 1. The smallest absolute Gasteiger partial charge is 0.338 e. The number of carboxylic acid groups (broad SMARTS) is 1. The molecule has 10 nitrogen and oxygen atoms in total. The molecule has 0 aliphatic heterocycles. The number of carbonyl (C=O) groups is 3. The molecule has 16 heteroatoms. The zero-order chi connectivity index (χ0) is 30.7. The highest BCUT2D eigenvalue weighted by molar-refractivity contribution is 8.00. The number of nitrogens with one attached hydrogen (secondary N) is 2. The van der Waals surface area contributed by atoms with Crippen LogP contribution in [0.25, 0.3) is 11.3 Å². The van der Waals surface area contributed by atoms with Crippen molar-refractivity contribution in [3.63, 3.8) is 0 Å². The molecule has 4 aromatic rings. The van der Waals surface area contributed by atoms with Gasteiger partial charge >= 0.3 is 5.97 Å². The number of non-ortho nitro benzene ring substituents is 1. The number of amides is 2. The van der Waals surface area contributed by atoms with Gasteiger partial charge in [0.05, 0.1) is 47.1 Å². The highest BCUT2D eigenvalue weighted by Crippen LogP contribution is 2.42. The van der Waals surface area contributed by atoms with Gasteiger partial charge in [-0.05, 0) is 31.2 Å². The number of hydrogen-bond acceptors (Lipinski definition) is 8. The van der Waals surface area contributed by atoms with Gasteiger partial charge in [-0.2, -0.15) is 0 Å². The standard InChI is InChI=1S/C26H16Cl4N4O6S2/c1-11(23(35)33-26-32-16(10-41-26)12-3-2-4-14(9-12)34(39)40)42-15-7-5-13(6-8-15)31-24(36)17-18(25(37)38)20(28)22(30)21(29)19(17)27/h2-11H,1H3,(H,31,36)(H,37,38)(H,32,33,35). The van der Waals surface area contributed by atoms with E-state index in [1.54, 1.807) is 48.7 Å². The zero-order valence-electron chi connectivity index (χ0n) is 21.0. The van der Waals surface area contributed by atoms with E-state index in [-0.39, 0.29) is 26.7 Å². The van der Waals surface area contributed by atoms with Gasteiger partial charge in [0.15, 0.2) is 5.13 Å². The maximum Gasteiger partial charge on any atom is 0.338 e. The number of benzene rings is 3. The topological polar surface area (TPSA) is 152 Å². The Balaban J connectivity index is 1.40. The number of thiazole rings is 1. The predicted octanol–water partition coefficient (Wildman–Crippen LogP) is 8.40. The minimum absolute atomic E-state index is 0.0609. The molecule has 4 rings (SSSR count). The van der Waals surface area contributed by atoms with Gasteiger partial charge in [-0.25, -0.2) is 9.78 Å². The summed E-state index contributed by atoms with van der Waals surface area (Å²) in [7, 11) is 0. The van der Waals surface area contributed by atoms with Crippen molar-refractivity contribution in [1.29, 1.82) is 0 Å². The Kier molecular flexibility index (Phi) is 9.97. The fourth-order valence-electron chi connectivity index (χ4n) is 3.56. The number of rotatable bonds is 9. The Labute approximate surface area is 266 Å². The molecule has 1 atom stereocenters. The highest BCUT2D eigenvalue weighted by atomic mass is 35.5. The first-order chi connectivity index (χ1) is 19.9. The summed E-state index contributed by atoms with van der Waals surface area (Å²) in [6.07, 6.45) is 0. The van der Waals surface area contributed by atoms with Crippen molar-refractivity contribution in [1.82, 2.24) is 4.98 Å². The molecule has 42 heavy (non-hydrogen) atoms. The van der Waals surface area contributed by atoms with Gasteiger partial charge in [-0.3, -0.25) is 19.7 Å². The summed E-state index contributed by atoms with van der Waals surface area (Å²) >= 11 is 26.5. The zero-order valence-corrected chi connectivity index (χ0v) is 25.6. The van der Waals surface area contributed by atoms with Crippen LogP contribution in [0.3, 0.4) is 0 Å². The lowest BCUT2D eigenvalue weighted by molar-refractivity contribution is -0.384. The maximum atomic E-state index is 12.9. The summed E-state index contributed by atoms with van der Waals surface area (Å²) in [6, 6.07) is 12.5. The molecular weight excluding hydrogens is 670 g/mol. The van der Waals surface area contributed by atoms with E-state index < -0.39 is 38.2 Å². The van der Waals surface area contributed by atoms with Crippen LogP contribution in [0.1, 0.15) is 27.6 Å². The van der Waals surface area contributed by atoms with Crippen molar-refractivity contribution in [2.45, 2.75) is 17.1 Å². The number of anilines is 2. The summed E-state index contributed by atoms with van der Waals surface area (Å²) in [5.74, 6) is -2.69. The molecule has 0 saturated heterocycles. The summed E-state index contributed by atoms with van der Waals surface area (Å²) in [5, 5.41) is 26.1. The van der Waals surface area contributed by atoms with Crippen molar-refractivity contribution in [3.8, 4) is 11.3 Å². The van der Waals surface area contributed by atoms with Gasteiger partial charge in [0.25, 0.3) is 11.6 Å². The van der Waals surface area contributed by atoms with Crippen LogP contribution >= 0.6 is 69.5 Å². The Hall–Kier alpha value is -3.39. The number of halogens is 4. The molecule has 1 heterocycles. The number of hydrogen-bond donors (Lipinski definition) is 3. The average Bonchev–Trinajstić information content (AvgIpc) is 3.42. The minimum atomic E-state index is -1.51. The molecule has 0 spiro atoms. The normalized spacial score (nSPS) is 11.5. The number of carbonyl (C=O) groups excluding carboxylic acids is 2. The first kappa shape index (κ1) is 31.5. The Morgan fingerprint density at radius 1 is 0.976 bits per heavy atom. The predicted molar refractivity (Wildman–Crippen MR) is 166 cm³/mol. The van der Waals surface area contributed by atoms with E-state index in [1.165, 1.54) is 35.2 Å². The molecule has 0 fully saturated rings. The van der Waals surface area contributed by atoms with Crippen LogP contribution in [0, 0.1) is 10.1 Å². The molecular formula is C26H16Cl4N4O6S2. The Morgan fingerprint density at radius 2 is 1.62 bits per heavy atom. The van der Waals surface area contributed by atoms with E-state index in [2.05, 4.69) is 15.6 Å². The second-order valence-electron chi connectivity index (χ2n) is 8.38. The second-order valence-corrected chi connectivity index (χ2v) is 12.2. The molecule has 0 aliphatic carbocycles. The monoisotopic (exact) mass is 684 g/mol.